The molecule has 248 valence electrons. The van der Waals surface area contributed by atoms with Crippen molar-refractivity contribution in [1.82, 2.24) is 5.32 Å². The average Bonchev–Trinajstić information content (AvgIpc) is 3.08. The van der Waals surface area contributed by atoms with Gasteiger partial charge >= 0.3 is 6.18 Å². The molecule has 0 heterocycles. The van der Waals surface area contributed by atoms with Crippen LogP contribution in [0.1, 0.15) is 32.3 Å². The van der Waals surface area contributed by atoms with Crippen LogP contribution in [0.4, 0.5) is 24.5 Å². The molecule has 5 rings (SSSR count). The maximum absolute atomic E-state index is 13.7. The Morgan fingerprint density at radius 3 is 2.02 bits per heavy atom. The summed E-state index contributed by atoms with van der Waals surface area (Å²) < 4.78 is 41.2. The van der Waals surface area contributed by atoms with Crippen LogP contribution in [0.2, 0.25) is 10.0 Å². The highest BCUT2D eigenvalue weighted by Crippen LogP contribution is 2.40. The van der Waals surface area contributed by atoms with E-state index in [0.29, 0.717) is 32.3 Å². The van der Waals surface area contributed by atoms with Crippen LogP contribution < -0.4 is 16.0 Å². The number of alkyl halides is 3. The topological polar surface area (TPSA) is 87.3 Å². The van der Waals surface area contributed by atoms with E-state index in [9.17, 15) is 27.6 Å². The summed E-state index contributed by atoms with van der Waals surface area (Å²) in [6.45, 7) is 0. The van der Waals surface area contributed by atoms with Crippen LogP contribution in [0.15, 0.2) is 138 Å². The molecule has 49 heavy (non-hydrogen) atoms. The van der Waals surface area contributed by atoms with Crippen molar-refractivity contribution in [2.45, 2.75) is 16.3 Å². The van der Waals surface area contributed by atoms with E-state index >= 15 is 0 Å². The second-order valence-corrected chi connectivity index (χ2v) is 12.5. The molecule has 1 atom stereocenters. The Labute approximate surface area is 294 Å². The fraction of sp³-hybridized carbons (Fsp3) is 0.0541. The molecule has 3 amide bonds. The predicted molar refractivity (Wildman–Crippen MR) is 189 cm³/mol. The second kappa shape index (κ2) is 15.9. The van der Waals surface area contributed by atoms with Crippen molar-refractivity contribution in [2.75, 3.05) is 10.6 Å². The summed E-state index contributed by atoms with van der Waals surface area (Å²) >= 11 is 13.0. The van der Waals surface area contributed by atoms with Crippen molar-refractivity contribution >= 4 is 70.1 Å². The summed E-state index contributed by atoms with van der Waals surface area (Å²) in [5.74, 6) is -1.76. The van der Waals surface area contributed by atoms with Crippen molar-refractivity contribution in [3.8, 4) is 0 Å². The van der Waals surface area contributed by atoms with Crippen LogP contribution in [0.3, 0.4) is 0 Å². The summed E-state index contributed by atoms with van der Waals surface area (Å²) in [6, 6.07) is 33.5. The van der Waals surface area contributed by atoms with Crippen molar-refractivity contribution in [3.05, 3.63) is 165 Å². The lowest BCUT2D eigenvalue weighted by Crippen LogP contribution is -2.30. The maximum atomic E-state index is 13.7. The van der Waals surface area contributed by atoms with Gasteiger partial charge in [0.2, 0.25) is 5.91 Å². The zero-order valence-electron chi connectivity index (χ0n) is 25.3. The maximum Gasteiger partial charge on any atom is 0.418 e. The second-order valence-electron chi connectivity index (χ2n) is 10.5. The van der Waals surface area contributed by atoms with Gasteiger partial charge in [0.15, 0.2) is 0 Å². The summed E-state index contributed by atoms with van der Waals surface area (Å²) in [5.41, 5.74) is 0.388. The van der Waals surface area contributed by atoms with E-state index in [1.54, 1.807) is 109 Å². The minimum absolute atomic E-state index is 0.0317. The molecule has 12 heteroatoms. The number of rotatable bonds is 10. The summed E-state index contributed by atoms with van der Waals surface area (Å²) in [7, 11) is 0. The van der Waals surface area contributed by atoms with Gasteiger partial charge in [-0.15, -0.1) is 11.8 Å². The number of hydrogen-bond donors (Lipinski definition) is 3. The van der Waals surface area contributed by atoms with Gasteiger partial charge in [-0.05, 0) is 83.9 Å². The minimum Gasteiger partial charge on any atom is -0.324 e. The number of carbonyl (C=O) groups excluding carboxylic acids is 3. The first-order chi connectivity index (χ1) is 23.5. The van der Waals surface area contributed by atoms with Crippen LogP contribution in [-0.4, -0.2) is 17.7 Å². The number of hydrogen-bond acceptors (Lipinski definition) is 4. The molecule has 0 aromatic heterocycles. The number of amides is 3. The molecule has 0 aliphatic rings. The zero-order chi connectivity index (χ0) is 35.0. The fourth-order valence-electron chi connectivity index (χ4n) is 4.62. The van der Waals surface area contributed by atoms with E-state index in [4.69, 9.17) is 23.2 Å². The predicted octanol–water partition coefficient (Wildman–Crippen LogP) is 9.89. The lowest BCUT2D eigenvalue weighted by atomic mass is 10.1. The summed E-state index contributed by atoms with van der Waals surface area (Å²) in [4.78, 5) is 40.4. The third-order valence-electron chi connectivity index (χ3n) is 6.94. The molecule has 0 spiro atoms. The third kappa shape index (κ3) is 9.76. The number of thioether (sulfide) groups is 1. The number of anilines is 2. The van der Waals surface area contributed by atoms with Crippen molar-refractivity contribution < 1.29 is 27.6 Å². The van der Waals surface area contributed by atoms with Gasteiger partial charge in [0.25, 0.3) is 11.8 Å². The number of benzene rings is 5. The smallest absolute Gasteiger partial charge is 0.324 e. The molecule has 0 bridgehead atoms. The normalized spacial score (nSPS) is 12.1. The quantitative estimate of drug-likeness (QED) is 0.0991. The van der Waals surface area contributed by atoms with Gasteiger partial charge in [-0.25, -0.2) is 0 Å². The van der Waals surface area contributed by atoms with Gasteiger partial charge in [-0.2, -0.15) is 13.2 Å². The molecule has 0 aliphatic carbocycles. The molecular weight excluding hydrogens is 694 g/mol. The lowest BCUT2D eigenvalue weighted by Gasteiger charge is -2.20. The SMILES string of the molecule is O=C(Nc1ccc(SC(C(=O)Nc2ccc(Cl)cc2C(F)(F)F)c2ccccc2)cc1)/C(=C/c1cccc(Cl)c1)NC(=O)c1ccccc1. The van der Waals surface area contributed by atoms with Crippen LogP contribution in [0, 0.1) is 0 Å². The van der Waals surface area contributed by atoms with Crippen LogP contribution in [0.5, 0.6) is 0 Å². The van der Waals surface area contributed by atoms with Crippen LogP contribution in [0.25, 0.3) is 6.08 Å². The van der Waals surface area contributed by atoms with Gasteiger partial charge in [-0.3, -0.25) is 14.4 Å². The molecule has 5 aromatic carbocycles. The zero-order valence-corrected chi connectivity index (χ0v) is 27.6. The third-order valence-corrected chi connectivity index (χ3v) is 8.68. The van der Waals surface area contributed by atoms with Crippen LogP contribution >= 0.6 is 35.0 Å². The molecule has 0 saturated carbocycles. The number of halogens is 5. The first-order valence-electron chi connectivity index (χ1n) is 14.6. The highest BCUT2D eigenvalue weighted by molar-refractivity contribution is 8.00. The van der Waals surface area contributed by atoms with E-state index in [0.717, 1.165) is 23.9 Å². The van der Waals surface area contributed by atoms with Crippen molar-refractivity contribution in [1.29, 1.82) is 0 Å². The van der Waals surface area contributed by atoms with Gasteiger partial charge in [-0.1, -0.05) is 83.9 Å². The van der Waals surface area contributed by atoms with Gasteiger partial charge < -0.3 is 16.0 Å². The molecular formula is C37H26Cl2F3N3O3S. The average molecular weight is 721 g/mol. The Hall–Kier alpha value is -5.03. The van der Waals surface area contributed by atoms with Crippen molar-refractivity contribution in [3.63, 3.8) is 0 Å². The molecule has 6 nitrogen and oxygen atoms in total. The molecule has 0 saturated heterocycles. The van der Waals surface area contributed by atoms with E-state index in [1.807, 2.05) is 0 Å². The molecule has 3 N–H and O–H groups in total. The monoisotopic (exact) mass is 719 g/mol. The van der Waals surface area contributed by atoms with E-state index in [2.05, 4.69) is 16.0 Å². The number of nitrogens with one attached hydrogen (secondary N) is 3. The van der Waals surface area contributed by atoms with Crippen LogP contribution in [-0.2, 0) is 15.8 Å². The first kappa shape index (κ1) is 35.3. The molecule has 0 fully saturated rings. The van der Waals surface area contributed by atoms with E-state index < -0.39 is 40.4 Å². The lowest BCUT2D eigenvalue weighted by molar-refractivity contribution is -0.137. The Morgan fingerprint density at radius 2 is 1.37 bits per heavy atom. The van der Waals surface area contributed by atoms with Gasteiger partial charge in [0.05, 0.1) is 11.3 Å². The van der Waals surface area contributed by atoms with Crippen molar-refractivity contribution in [2.24, 2.45) is 0 Å². The molecule has 0 radical (unpaired) electrons. The van der Waals surface area contributed by atoms with Gasteiger partial charge in [0, 0.05) is 26.2 Å². The Bertz CT molecular complexity index is 1990. The minimum atomic E-state index is -4.74. The largest absolute Gasteiger partial charge is 0.418 e. The first-order valence-corrected chi connectivity index (χ1v) is 16.2. The molecule has 5 aromatic rings. The molecule has 0 aliphatic heterocycles. The van der Waals surface area contributed by atoms with E-state index in [-0.39, 0.29) is 10.7 Å². The Kier molecular flexibility index (Phi) is 11.5. The summed E-state index contributed by atoms with van der Waals surface area (Å²) in [5, 5.41) is 7.26. The van der Waals surface area contributed by atoms with Gasteiger partial charge in [0.1, 0.15) is 10.9 Å². The Balaban J connectivity index is 1.35. The van der Waals surface area contributed by atoms with E-state index in [1.165, 1.54) is 12.1 Å². The number of carbonyl (C=O) groups is 3. The molecule has 1 unspecified atom stereocenters. The highest BCUT2D eigenvalue weighted by atomic mass is 35.5. The summed E-state index contributed by atoms with van der Waals surface area (Å²) in [6.07, 6.45) is -3.24. The fourth-order valence-corrected chi connectivity index (χ4v) is 6.01. The Morgan fingerprint density at radius 1 is 0.714 bits per heavy atom. The highest BCUT2D eigenvalue weighted by Gasteiger charge is 2.35. The standard InChI is InChI=1S/C37H26Cl2F3N3O3S/c38-26-13-7-8-23(20-26)21-32(45-34(46)25-11-5-2-6-12-25)35(47)43-28-15-17-29(18-16-28)49-33(24-9-3-1-4-10-24)36(48)44-31-19-14-27(39)22-30(31)37(40,41)42/h1-22,33H,(H,43,47)(H,44,48)(H,45,46)/b32-21-.